The van der Waals surface area contributed by atoms with Gasteiger partial charge in [-0.25, -0.2) is 4.79 Å². The molecule has 3 rings (SSSR count). The van der Waals surface area contributed by atoms with Crippen LogP contribution in [0.25, 0.3) is 6.08 Å². The van der Waals surface area contributed by atoms with E-state index in [0.29, 0.717) is 30.3 Å². The molecule has 33 heavy (non-hydrogen) atoms. The average Bonchev–Trinajstić information content (AvgIpc) is 2.74. The smallest absolute Gasteiger partial charge is 0.408 e. The van der Waals surface area contributed by atoms with Crippen LogP contribution in [0.2, 0.25) is 0 Å². The van der Waals surface area contributed by atoms with Crippen molar-refractivity contribution < 1.29 is 9.21 Å². The van der Waals surface area contributed by atoms with Crippen LogP contribution >= 0.6 is 0 Å². The van der Waals surface area contributed by atoms with Crippen LogP contribution in [0.4, 0.5) is 5.82 Å². The molecule has 1 fully saturated rings. The van der Waals surface area contributed by atoms with Crippen molar-refractivity contribution in [1.29, 1.82) is 0 Å². The van der Waals surface area contributed by atoms with E-state index in [0.717, 1.165) is 44.5 Å². The van der Waals surface area contributed by atoms with Gasteiger partial charge in [-0.1, -0.05) is 40.7 Å². The maximum absolute atomic E-state index is 13.6. The number of anilines is 1. The van der Waals surface area contributed by atoms with E-state index in [-0.39, 0.29) is 11.3 Å². The number of hydrogen-bond acceptors (Lipinski definition) is 7. The Kier molecular flexibility index (Phi) is 8.00. The largest absolute Gasteiger partial charge is 0.441 e. The Morgan fingerprint density at radius 1 is 1.33 bits per heavy atom. The summed E-state index contributed by atoms with van der Waals surface area (Å²) in [5.41, 5.74) is 0.324. The van der Waals surface area contributed by atoms with Gasteiger partial charge in [0.2, 0.25) is 5.91 Å². The lowest BCUT2D eigenvalue weighted by Gasteiger charge is -2.43. The molecule has 1 saturated heterocycles. The molecule has 8 nitrogen and oxygen atoms in total. The van der Waals surface area contributed by atoms with Gasteiger partial charge < -0.3 is 20.0 Å². The maximum Gasteiger partial charge on any atom is 0.441 e. The topological polar surface area (TPSA) is 99.5 Å². The van der Waals surface area contributed by atoms with Crippen LogP contribution in [0.5, 0.6) is 0 Å². The number of piperidine rings is 1. The lowest BCUT2D eigenvalue weighted by molar-refractivity contribution is -0.125. The molecule has 3 N–H and O–H groups in total. The van der Waals surface area contributed by atoms with Crippen LogP contribution in [0.15, 0.2) is 15.3 Å². The van der Waals surface area contributed by atoms with Gasteiger partial charge in [0.05, 0.1) is 5.66 Å². The first-order valence-electron chi connectivity index (χ1n) is 12.3. The van der Waals surface area contributed by atoms with Gasteiger partial charge >= 0.3 is 5.76 Å². The highest BCUT2D eigenvalue weighted by molar-refractivity contribution is 5.85. The number of allylic oxidation sites excluding steroid dienone is 1. The number of likely N-dealkylation sites (tertiary alicyclic amines) is 1. The minimum atomic E-state index is -0.652. The van der Waals surface area contributed by atoms with Crippen molar-refractivity contribution in [3.63, 3.8) is 0 Å². The highest BCUT2D eigenvalue weighted by atomic mass is 16.4. The minimum Gasteiger partial charge on any atom is -0.408 e. The lowest BCUT2D eigenvalue weighted by Crippen LogP contribution is -2.64. The van der Waals surface area contributed by atoms with Crippen LogP contribution in [0.3, 0.4) is 0 Å². The highest BCUT2D eigenvalue weighted by Gasteiger charge is 2.37. The summed E-state index contributed by atoms with van der Waals surface area (Å²) in [7, 11) is 1.91. The van der Waals surface area contributed by atoms with Gasteiger partial charge in [0.25, 0.3) is 0 Å². The molecule has 1 aliphatic carbocycles. The van der Waals surface area contributed by atoms with E-state index in [1.807, 2.05) is 19.2 Å². The third kappa shape index (κ3) is 6.67. The molecule has 1 aliphatic heterocycles. The van der Waals surface area contributed by atoms with Gasteiger partial charge in [0, 0.05) is 18.7 Å². The number of aromatic nitrogens is 1. The van der Waals surface area contributed by atoms with E-state index in [2.05, 4.69) is 60.5 Å². The van der Waals surface area contributed by atoms with Crippen LogP contribution in [0, 0.1) is 11.3 Å². The third-order valence-corrected chi connectivity index (χ3v) is 6.62. The van der Waals surface area contributed by atoms with Crippen molar-refractivity contribution in [2.24, 2.45) is 11.3 Å². The maximum atomic E-state index is 13.6. The van der Waals surface area contributed by atoms with E-state index in [4.69, 9.17) is 4.42 Å². The Hall–Kier alpha value is -2.19. The molecule has 0 radical (unpaired) electrons. The Morgan fingerprint density at radius 3 is 2.64 bits per heavy atom. The van der Waals surface area contributed by atoms with E-state index in [9.17, 15) is 9.59 Å². The van der Waals surface area contributed by atoms with E-state index >= 15 is 0 Å². The number of fused-ring (bicyclic) bond motifs is 1. The van der Waals surface area contributed by atoms with Crippen LogP contribution in [0.1, 0.15) is 71.6 Å². The normalized spacial score (nSPS) is 21.3. The van der Waals surface area contributed by atoms with Gasteiger partial charge in [-0.15, -0.1) is 0 Å². The SMILES string of the molecule is CCCN1CCC(NC)(NC(=O)[C@H](CC(C)(C)C)Nc2nc(=O)oc3c2CC(C)C=C3)CC1. The van der Waals surface area contributed by atoms with Crippen molar-refractivity contribution in [2.45, 2.75) is 78.4 Å². The number of rotatable bonds is 8. The predicted molar refractivity (Wildman–Crippen MR) is 132 cm³/mol. The zero-order valence-corrected chi connectivity index (χ0v) is 21.1. The molecule has 1 unspecified atom stereocenters. The van der Waals surface area contributed by atoms with Gasteiger partial charge in [-0.2, -0.15) is 4.98 Å². The molecule has 2 aliphatic rings. The summed E-state index contributed by atoms with van der Waals surface area (Å²) < 4.78 is 5.31. The molecule has 0 bridgehead atoms. The van der Waals surface area contributed by atoms with Crippen LogP contribution in [-0.4, -0.2) is 54.2 Å². The Labute approximate surface area is 197 Å². The second kappa shape index (κ2) is 10.4. The number of hydrogen-bond donors (Lipinski definition) is 3. The number of carbonyl (C=O) groups is 1. The third-order valence-electron chi connectivity index (χ3n) is 6.62. The molecular weight excluding hydrogens is 418 g/mol. The quantitative estimate of drug-likeness (QED) is 0.514. The Balaban J connectivity index is 1.82. The summed E-state index contributed by atoms with van der Waals surface area (Å²) in [5.74, 6) is 0.564. The fraction of sp³-hybridized carbons (Fsp3) is 0.720. The number of carbonyl (C=O) groups excluding carboxylic acids is 1. The second-order valence-electron chi connectivity index (χ2n) is 10.8. The molecule has 0 aromatic carbocycles. The molecule has 1 aromatic heterocycles. The molecular formula is C25H41N5O3. The molecule has 1 aromatic rings. The zero-order valence-electron chi connectivity index (χ0n) is 21.1. The van der Waals surface area contributed by atoms with Crippen molar-refractivity contribution in [3.8, 4) is 0 Å². The molecule has 0 saturated carbocycles. The van der Waals surface area contributed by atoms with Crippen molar-refractivity contribution in [3.05, 3.63) is 28.0 Å². The van der Waals surface area contributed by atoms with Gasteiger partial charge in [-0.3, -0.25) is 10.1 Å². The molecule has 184 valence electrons. The first-order valence-corrected chi connectivity index (χ1v) is 12.3. The number of nitrogens with one attached hydrogen (secondary N) is 3. The second-order valence-corrected chi connectivity index (χ2v) is 10.8. The van der Waals surface area contributed by atoms with Gasteiger partial charge in [-0.05, 0) is 63.1 Å². The number of amides is 1. The molecule has 1 amide bonds. The van der Waals surface area contributed by atoms with Crippen molar-refractivity contribution >= 4 is 17.8 Å². The molecule has 8 heteroatoms. The summed E-state index contributed by atoms with van der Waals surface area (Å²) >= 11 is 0. The fourth-order valence-electron chi connectivity index (χ4n) is 4.77. The van der Waals surface area contributed by atoms with Gasteiger partial charge in [0.15, 0.2) is 0 Å². The van der Waals surface area contributed by atoms with Crippen LogP contribution < -0.4 is 21.7 Å². The van der Waals surface area contributed by atoms with E-state index < -0.39 is 17.5 Å². The fourth-order valence-corrected chi connectivity index (χ4v) is 4.77. The zero-order chi connectivity index (χ0) is 24.2. The first-order chi connectivity index (χ1) is 15.5. The van der Waals surface area contributed by atoms with Gasteiger partial charge in [0.1, 0.15) is 17.6 Å². The van der Waals surface area contributed by atoms with E-state index in [1.54, 1.807) is 0 Å². The predicted octanol–water partition coefficient (Wildman–Crippen LogP) is 2.99. The summed E-state index contributed by atoms with van der Waals surface area (Å²) in [4.78, 5) is 32.3. The summed E-state index contributed by atoms with van der Waals surface area (Å²) in [6.45, 7) is 13.6. The van der Waals surface area contributed by atoms with Crippen molar-refractivity contribution in [1.82, 2.24) is 20.5 Å². The van der Waals surface area contributed by atoms with E-state index in [1.165, 1.54) is 0 Å². The summed E-state index contributed by atoms with van der Waals surface area (Å²) in [6.07, 6.45) is 8.00. The minimum absolute atomic E-state index is 0.0774. The monoisotopic (exact) mass is 459 g/mol. The average molecular weight is 460 g/mol. The lowest BCUT2D eigenvalue weighted by atomic mass is 9.87. The molecule has 2 atom stereocenters. The Morgan fingerprint density at radius 2 is 2.03 bits per heavy atom. The van der Waals surface area contributed by atoms with Crippen molar-refractivity contribution in [2.75, 3.05) is 32.0 Å². The molecule has 2 heterocycles. The summed E-state index contributed by atoms with van der Waals surface area (Å²) in [5, 5.41) is 10.0. The standard InChI is InChI=1S/C25H41N5O3/c1-7-12-30-13-10-25(26-6,11-14-30)29-22(31)19(16-24(3,4)5)27-21-18-15-17(2)8-9-20(18)33-23(32)28-21/h8-9,17,19,26H,7,10-16H2,1-6H3,(H,29,31)(H,27,28,32)/t17?,19-/m0/s1. The molecule has 0 spiro atoms. The van der Waals surface area contributed by atoms with Crippen LogP contribution in [-0.2, 0) is 11.2 Å². The summed E-state index contributed by atoms with van der Waals surface area (Å²) in [6, 6.07) is -0.525. The highest BCUT2D eigenvalue weighted by Crippen LogP contribution is 2.29. The number of nitrogens with zero attached hydrogens (tertiary/aromatic N) is 2. The Bertz CT molecular complexity index is 910. The first kappa shape index (κ1) is 25.4.